The van der Waals surface area contributed by atoms with Gasteiger partial charge in [0.1, 0.15) is 8.83 Å². The number of halogens is 1. The predicted molar refractivity (Wildman–Crippen MR) is 42.1 cm³/mol. The molecule has 8 heavy (non-hydrogen) atoms. The van der Waals surface area contributed by atoms with Crippen LogP contribution in [0.3, 0.4) is 0 Å². The van der Waals surface area contributed by atoms with Crippen LogP contribution in [-0.2, 0) is 0 Å². The summed E-state index contributed by atoms with van der Waals surface area (Å²) in [5, 5.41) is 3.05. The SMILES string of the molecule is CNCCC=C[SiH2]Cl. The van der Waals surface area contributed by atoms with E-state index in [2.05, 4.69) is 17.1 Å². The Morgan fingerprint density at radius 1 is 1.75 bits per heavy atom. The summed E-state index contributed by atoms with van der Waals surface area (Å²) in [7, 11) is 1.60. The molecule has 48 valence electrons. The molecule has 0 atom stereocenters. The maximum absolute atomic E-state index is 5.51. The van der Waals surface area contributed by atoms with Crippen molar-refractivity contribution in [2.45, 2.75) is 6.42 Å². The molecule has 1 N–H and O–H groups in total. The van der Waals surface area contributed by atoms with E-state index < -0.39 is 0 Å². The van der Waals surface area contributed by atoms with Crippen molar-refractivity contribution in [2.75, 3.05) is 13.6 Å². The molecule has 1 nitrogen and oxygen atoms in total. The van der Waals surface area contributed by atoms with E-state index >= 15 is 0 Å². The van der Waals surface area contributed by atoms with Crippen molar-refractivity contribution in [1.82, 2.24) is 5.32 Å². The maximum atomic E-state index is 5.51. The van der Waals surface area contributed by atoms with Gasteiger partial charge >= 0.3 is 0 Å². The summed E-state index contributed by atoms with van der Waals surface area (Å²) < 4.78 is 0. The highest BCUT2D eigenvalue weighted by Crippen LogP contribution is 1.79. The summed E-state index contributed by atoms with van der Waals surface area (Å²) in [5.74, 6) is 0. The molecule has 0 heterocycles. The Hall–Kier alpha value is 0.207. The fraction of sp³-hybridized carbons (Fsp3) is 0.600. The van der Waals surface area contributed by atoms with Gasteiger partial charge in [0.25, 0.3) is 0 Å². The van der Waals surface area contributed by atoms with Gasteiger partial charge in [0.15, 0.2) is 0 Å². The zero-order valence-electron chi connectivity index (χ0n) is 5.15. The van der Waals surface area contributed by atoms with E-state index in [1.54, 1.807) is 0 Å². The third kappa shape index (κ3) is 6.21. The molecule has 0 aliphatic heterocycles. The van der Waals surface area contributed by atoms with Crippen LogP contribution in [0.4, 0.5) is 0 Å². The molecule has 0 unspecified atom stereocenters. The second kappa shape index (κ2) is 7.21. The van der Waals surface area contributed by atoms with Gasteiger partial charge in [-0.15, -0.1) is 0 Å². The van der Waals surface area contributed by atoms with Gasteiger partial charge in [-0.05, 0) is 20.0 Å². The number of rotatable bonds is 4. The molecule has 0 fully saturated rings. The van der Waals surface area contributed by atoms with Gasteiger partial charge in [-0.2, -0.15) is 11.1 Å². The smallest absolute Gasteiger partial charge is 0.148 e. The molecule has 0 aromatic rings. The van der Waals surface area contributed by atoms with Gasteiger partial charge in [-0.3, -0.25) is 0 Å². The first kappa shape index (κ1) is 8.21. The predicted octanol–water partition coefficient (Wildman–Crippen LogP) is 0.432. The fourth-order valence-corrected chi connectivity index (χ4v) is 1.15. The summed E-state index contributed by atoms with van der Waals surface area (Å²) in [6, 6.07) is 0. The van der Waals surface area contributed by atoms with E-state index in [0.717, 1.165) is 13.0 Å². The van der Waals surface area contributed by atoms with Crippen molar-refractivity contribution in [3.63, 3.8) is 0 Å². The minimum absolute atomic E-state index is 0.350. The van der Waals surface area contributed by atoms with Crippen molar-refractivity contribution in [1.29, 1.82) is 0 Å². The fourth-order valence-electron chi connectivity index (χ4n) is 0.409. The van der Waals surface area contributed by atoms with Crippen LogP contribution in [0.5, 0.6) is 0 Å². The van der Waals surface area contributed by atoms with Crippen LogP contribution in [0.2, 0.25) is 0 Å². The lowest BCUT2D eigenvalue weighted by atomic mass is 10.4. The number of nitrogens with one attached hydrogen (secondary N) is 1. The van der Waals surface area contributed by atoms with Gasteiger partial charge < -0.3 is 5.32 Å². The van der Waals surface area contributed by atoms with Gasteiger partial charge in [-0.1, -0.05) is 11.8 Å². The van der Waals surface area contributed by atoms with E-state index in [4.69, 9.17) is 11.1 Å². The Bertz CT molecular complexity index is 65.4. The zero-order valence-corrected chi connectivity index (χ0v) is 7.32. The maximum Gasteiger partial charge on any atom is 0.148 e. The quantitative estimate of drug-likeness (QED) is 0.348. The van der Waals surface area contributed by atoms with E-state index in [9.17, 15) is 0 Å². The highest BCUT2D eigenvalue weighted by molar-refractivity contribution is 6.96. The Morgan fingerprint density at radius 3 is 3.00 bits per heavy atom. The van der Waals surface area contributed by atoms with Crippen LogP contribution >= 0.6 is 11.1 Å². The Kier molecular flexibility index (Phi) is 7.39. The minimum Gasteiger partial charge on any atom is -0.319 e. The van der Waals surface area contributed by atoms with Gasteiger partial charge in [0.05, 0.1) is 0 Å². The lowest BCUT2D eigenvalue weighted by molar-refractivity contribution is 0.808. The number of hydrogen-bond donors (Lipinski definition) is 1. The molecular weight excluding hydrogens is 138 g/mol. The van der Waals surface area contributed by atoms with Crippen molar-refractivity contribution < 1.29 is 0 Å². The molecule has 0 aromatic carbocycles. The molecule has 0 radical (unpaired) electrons. The molecule has 0 aliphatic rings. The molecule has 0 saturated heterocycles. The molecule has 0 amide bonds. The van der Waals surface area contributed by atoms with E-state index in [1.807, 2.05) is 7.05 Å². The molecule has 0 rings (SSSR count). The lowest BCUT2D eigenvalue weighted by Crippen LogP contribution is -2.05. The zero-order chi connectivity index (χ0) is 6.24. The highest BCUT2D eigenvalue weighted by atomic mass is 35.6. The summed E-state index contributed by atoms with van der Waals surface area (Å²) in [5.41, 5.74) is 2.10. The summed E-state index contributed by atoms with van der Waals surface area (Å²) in [4.78, 5) is 0. The average molecular weight is 150 g/mol. The Labute approximate surface area is 57.6 Å². The summed E-state index contributed by atoms with van der Waals surface area (Å²) in [6.07, 6.45) is 3.24. The Morgan fingerprint density at radius 2 is 2.50 bits per heavy atom. The second-order valence-electron chi connectivity index (χ2n) is 1.52. The summed E-state index contributed by atoms with van der Waals surface area (Å²) >= 11 is 5.51. The first-order valence-corrected chi connectivity index (χ1v) is 5.73. The summed E-state index contributed by atoms with van der Waals surface area (Å²) in [6.45, 7) is 1.06. The van der Waals surface area contributed by atoms with Crippen LogP contribution in [0.1, 0.15) is 6.42 Å². The van der Waals surface area contributed by atoms with Gasteiger partial charge in [0, 0.05) is 0 Å². The van der Waals surface area contributed by atoms with Crippen LogP contribution in [0, 0.1) is 0 Å². The van der Waals surface area contributed by atoms with E-state index in [-0.39, 0.29) is 8.83 Å². The molecule has 3 heteroatoms. The monoisotopic (exact) mass is 149 g/mol. The molecule has 0 aromatic heterocycles. The van der Waals surface area contributed by atoms with Gasteiger partial charge in [0.2, 0.25) is 0 Å². The minimum atomic E-state index is -0.350. The average Bonchev–Trinajstić information content (AvgIpc) is 1.81. The van der Waals surface area contributed by atoms with Crippen LogP contribution in [-0.4, -0.2) is 22.4 Å². The van der Waals surface area contributed by atoms with Crippen molar-refractivity contribution >= 4 is 19.9 Å². The largest absolute Gasteiger partial charge is 0.319 e. The lowest BCUT2D eigenvalue weighted by Gasteiger charge is -1.88. The Balaban J connectivity index is 2.80. The van der Waals surface area contributed by atoms with Crippen LogP contribution in [0.25, 0.3) is 0 Å². The standard InChI is InChI=1S/C5H12ClNSi/c1-7-4-2-3-5-8-6/h3,5,7H,2,4,8H2,1H3. The van der Waals surface area contributed by atoms with E-state index in [1.165, 1.54) is 0 Å². The molecule has 0 bridgehead atoms. The molecule has 0 aliphatic carbocycles. The van der Waals surface area contributed by atoms with Gasteiger partial charge in [-0.25, -0.2) is 0 Å². The topological polar surface area (TPSA) is 12.0 Å². The molecular formula is C5H12ClNSi. The molecule has 0 spiro atoms. The van der Waals surface area contributed by atoms with Crippen molar-refractivity contribution in [3.05, 3.63) is 11.8 Å². The first-order chi connectivity index (χ1) is 3.91. The van der Waals surface area contributed by atoms with E-state index in [0.29, 0.717) is 0 Å². The van der Waals surface area contributed by atoms with Crippen molar-refractivity contribution in [2.24, 2.45) is 0 Å². The van der Waals surface area contributed by atoms with Crippen molar-refractivity contribution in [3.8, 4) is 0 Å². The molecule has 0 saturated carbocycles. The first-order valence-electron chi connectivity index (χ1n) is 2.77. The third-order valence-electron chi connectivity index (χ3n) is 0.817. The normalized spacial score (nSPS) is 12.2. The highest BCUT2D eigenvalue weighted by Gasteiger charge is 1.73. The third-order valence-corrected chi connectivity index (χ3v) is 1.86. The van der Waals surface area contributed by atoms with Crippen LogP contribution < -0.4 is 5.32 Å². The second-order valence-corrected chi connectivity index (χ2v) is 3.22. The van der Waals surface area contributed by atoms with Crippen LogP contribution in [0.15, 0.2) is 11.8 Å². The number of hydrogen-bond acceptors (Lipinski definition) is 1.